The molecule has 6 heteroatoms. The van der Waals surface area contributed by atoms with Crippen LogP contribution in [0.2, 0.25) is 0 Å². The van der Waals surface area contributed by atoms with Gasteiger partial charge in [0, 0.05) is 34.2 Å². The van der Waals surface area contributed by atoms with Gasteiger partial charge in [0.2, 0.25) is 0 Å². The summed E-state index contributed by atoms with van der Waals surface area (Å²) in [7, 11) is 0. The number of aromatic nitrogens is 2. The summed E-state index contributed by atoms with van der Waals surface area (Å²) in [5, 5.41) is 0. The van der Waals surface area contributed by atoms with Crippen molar-refractivity contribution in [3.8, 4) is 11.4 Å². The van der Waals surface area contributed by atoms with Gasteiger partial charge >= 0.3 is 0 Å². The molecule has 6 nitrogen and oxygen atoms in total. The molecule has 0 unspecified atom stereocenters. The van der Waals surface area contributed by atoms with Crippen LogP contribution in [0.3, 0.4) is 0 Å². The molecule has 0 fully saturated rings. The van der Waals surface area contributed by atoms with Crippen molar-refractivity contribution < 1.29 is 9.59 Å². The Morgan fingerprint density at radius 1 is 0.606 bits per heavy atom. The lowest BCUT2D eigenvalue weighted by Gasteiger charge is -2.11. The van der Waals surface area contributed by atoms with Crippen LogP contribution >= 0.6 is 0 Å². The number of amides is 2. The third kappa shape index (κ3) is 4.20. The molecular weight excluding hydrogens is 412 g/mol. The third-order valence-electron chi connectivity index (χ3n) is 5.92. The zero-order valence-electron chi connectivity index (χ0n) is 19.6. The second kappa shape index (κ2) is 8.82. The topological polar surface area (TPSA) is 68.1 Å². The number of nitrogens with zero attached hydrogens (tertiary/aromatic N) is 2. The van der Waals surface area contributed by atoms with E-state index < -0.39 is 0 Å². The number of hydrogen-bond donors (Lipinski definition) is 2. The maximum atomic E-state index is 12.9. The summed E-state index contributed by atoms with van der Waals surface area (Å²) in [5.74, 6) is -0.710. The molecule has 0 saturated carbocycles. The first-order valence-corrected chi connectivity index (χ1v) is 10.9. The Balaban J connectivity index is 1.52. The van der Waals surface area contributed by atoms with Gasteiger partial charge < -0.3 is 9.13 Å². The van der Waals surface area contributed by atoms with Crippen molar-refractivity contribution in [3.63, 3.8) is 0 Å². The highest BCUT2D eigenvalue weighted by Gasteiger charge is 2.20. The summed E-state index contributed by atoms with van der Waals surface area (Å²) < 4.78 is 4.06. The van der Waals surface area contributed by atoms with Crippen LogP contribution < -0.4 is 10.9 Å². The van der Waals surface area contributed by atoms with E-state index in [1.165, 1.54) is 0 Å². The van der Waals surface area contributed by atoms with Gasteiger partial charge in [0.1, 0.15) is 0 Å². The Kier molecular flexibility index (Phi) is 5.92. The number of aryl methyl sites for hydroxylation is 3. The fraction of sp³-hybridized carbons (Fsp3) is 0.185. The van der Waals surface area contributed by atoms with E-state index in [2.05, 4.69) is 16.9 Å². The molecule has 33 heavy (non-hydrogen) atoms. The average molecular weight is 441 g/mol. The van der Waals surface area contributed by atoms with Crippen LogP contribution in [-0.4, -0.2) is 20.9 Å². The molecule has 0 atom stereocenters. The summed E-state index contributed by atoms with van der Waals surface area (Å²) in [5.41, 5.74) is 12.8. The van der Waals surface area contributed by atoms with Crippen molar-refractivity contribution in [1.82, 2.24) is 20.0 Å². The van der Waals surface area contributed by atoms with Gasteiger partial charge in [0.05, 0.1) is 11.1 Å². The Bertz CT molecular complexity index is 1350. The van der Waals surface area contributed by atoms with E-state index >= 15 is 0 Å². The van der Waals surface area contributed by atoms with Gasteiger partial charge in [0.15, 0.2) is 0 Å². The predicted octanol–water partition coefficient (Wildman–Crippen LogP) is 4.88. The summed E-state index contributed by atoms with van der Waals surface area (Å²) in [6.07, 6.45) is 0. The molecule has 2 heterocycles. The average Bonchev–Trinajstić information content (AvgIpc) is 3.26. The number of para-hydroxylation sites is 1. The van der Waals surface area contributed by atoms with Crippen molar-refractivity contribution in [2.75, 3.05) is 0 Å². The fourth-order valence-corrected chi connectivity index (χ4v) is 4.37. The Morgan fingerprint density at radius 2 is 1.09 bits per heavy atom. The quantitative estimate of drug-likeness (QED) is 0.444. The van der Waals surface area contributed by atoms with E-state index in [1.54, 1.807) is 0 Å². The Labute approximate surface area is 193 Å². The molecule has 4 rings (SSSR count). The van der Waals surface area contributed by atoms with Crippen LogP contribution in [0, 0.1) is 34.6 Å². The van der Waals surface area contributed by atoms with Crippen molar-refractivity contribution >= 4 is 11.8 Å². The van der Waals surface area contributed by atoms with Crippen LogP contribution in [0.4, 0.5) is 0 Å². The molecule has 0 spiro atoms. The normalized spacial score (nSPS) is 10.8. The first-order chi connectivity index (χ1) is 15.8. The summed E-state index contributed by atoms with van der Waals surface area (Å²) >= 11 is 0. The largest absolute Gasteiger partial charge is 0.318 e. The first kappa shape index (κ1) is 22.1. The smallest absolute Gasteiger partial charge is 0.271 e. The maximum absolute atomic E-state index is 12.9. The lowest BCUT2D eigenvalue weighted by atomic mass is 10.2. The van der Waals surface area contributed by atoms with Crippen LogP contribution in [0.15, 0.2) is 66.7 Å². The van der Waals surface area contributed by atoms with Crippen LogP contribution in [0.1, 0.15) is 49.1 Å². The highest BCUT2D eigenvalue weighted by atomic mass is 16.2. The van der Waals surface area contributed by atoms with Gasteiger partial charge in [-0.15, -0.1) is 0 Å². The zero-order chi connectivity index (χ0) is 23.7. The molecule has 2 amide bonds. The maximum Gasteiger partial charge on any atom is 0.271 e. The van der Waals surface area contributed by atoms with E-state index in [1.807, 2.05) is 104 Å². The van der Waals surface area contributed by atoms with Crippen molar-refractivity contribution in [2.45, 2.75) is 34.6 Å². The van der Waals surface area contributed by atoms with Crippen LogP contribution in [0.25, 0.3) is 11.4 Å². The van der Waals surface area contributed by atoms with Crippen molar-refractivity contribution in [2.24, 2.45) is 0 Å². The minimum Gasteiger partial charge on any atom is -0.318 e. The summed E-state index contributed by atoms with van der Waals surface area (Å²) in [4.78, 5) is 25.8. The van der Waals surface area contributed by atoms with Gasteiger partial charge in [-0.25, -0.2) is 0 Å². The van der Waals surface area contributed by atoms with Crippen LogP contribution in [0.5, 0.6) is 0 Å². The number of rotatable bonds is 4. The second-order valence-electron chi connectivity index (χ2n) is 8.32. The molecular formula is C27H28N4O2. The number of carbonyl (C=O) groups is 2. The predicted molar refractivity (Wildman–Crippen MR) is 130 cm³/mol. The zero-order valence-corrected chi connectivity index (χ0v) is 19.6. The van der Waals surface area contributed by atoms with Crippen molar-refractivity contribution in [3.05, 3.63) is 106 Å². The Morgan fingerprint density at radius 3 is 1.61 bits per heavy atom. The standard InChI is InChI=1S/C27H28N4O2/c1-17-10-9-13-23(14-17)31-19(3)16-25(21(31)5)27(33)29-28-26(32)24-15-18(2)30(20(24)4)22-11-7-6-8-12-22/h6-16H,1-5H3,(H,28,32)(H,29,33). The van der Waals surface area contributed by atoms with E-state index in [4.69, 9.17) is 0 Å². The third-order valence-corrected chi connectivity index (χ3v) is 5.92. The minimum atomic E-state index is -0.355. The van der Waals surface area contributed by atoms with Gasteiger partial charge in [-0.3, -0.25) is 20.4 Å². The lowest BCUT2D eigenvalue weighted by Crippen LogP contribution is -2.42. The van der Waals surface area contributed by atoms with Gasteiger partial charge in [-0.1, -0.05) is 30.3 Å². The highest BCUT2D eigenvalue weighted by molar-refractivity contribution is 6.00. The molecule has 168 valence electrons. The van der Waals surface area contributed by atoms with Gasteiger partial charge in [-0.05, 0) is 76.6 Å². The van der Waals surface area contributed by atoms with Crippen molar-refractivity contribution in [1.29, 1.82) is 0 Å². The molecule has 0 aliphatic carbocycles. The monoisotopic (exact) mass is 440 g/mol. The summed E-state index contributed by atoms with van der Waals surface area (Å²) in [6, 6.07) is 21.6. The summed E-state index contributed by atoms with van der Waals surface area (Å²) in [6.45, 7) is 9.75. The molecule has 0 radical (unpaired) electrons. The SMILES string of the molecule is Cc1cccc(-n2c(C)cc(C(=O)NNC(=O)c3cc(C)n(-c4ccccc4)c3C)c2C)c1. The first-order valence-electron chi connectivity index (χ1n) is 10.9. The molecule has 0 bridgehead atoms. The number of hydrogen-bond acceptors (Lipinski definition) is 2. The molecule has 2 aromatic carbocycles. The molecule has 4 aromatic rings. The highest BCUT2D eigenvalue weighted by Crippen LogP contribution is 2.22. The number of benzene rings is 2. The number of hydrazine groups is 1. The van der Waals surface area contributed by atoms with Gasteiger partial charge in [0.25, 0.3) is 11.8 Å². The number of nitrogens with one attached hydrogen (secondary N) is 2. The van der Waals surface area contributed by atoms with E-state index in [0.29, 0.717) is 11.1 Å². The Hall–Kier alpha value is -4.06. The van der Waals surface area contributed by atoms with Crippen LogP contribution in [-0.2, 0) is 0 Å². The van der Waals surface area contributed by atoms with E-state index in [0.717, 1.165) is 39.7 Å². The number of carbonyl (C=O) groups excluding carboxylic acids is 2. The molecule has 2 aromatic heterocycles. The molecule has 2 N–H and O–H groups in total. The fourth-order valence-electron chi connectivity index (χ4n) is 4.37. The van der Waals surface area contributed by atoms with Gasteiger partial charge in [-0.2, -0.15) is 0 Å². The molecule has 0 saturated heterocycles. The second-order valence-corrected chi connectivity index (χ2v) is 8.32. The molecule has 0 aliphatic heterocycles. The minimum absolute atomic E-state index is 0.354. The molecule has 0 aliphatic rings. The van der Waals surface area contributed by atoms with E-state index in [-0.39, 0.29) is 11.8 Å². The lowest BCUT2D eigenvalue weighted by molar-refractivity contribution is 0.0846. The van der Waals surface area contributed by atoms with E-state index in [9.17, 15) is 9.59 Å².